The standard InChI is InChI=1S/C17H20N2O3S/c1-22-16-13(4-2-8-18-16)17(21)19-9-6-12(7-10-19)15(20)14-5-3-11-23-14/h2-5,8,11-12,15,20H,6-7,9-10H2,1H3. The smallest absolute Gasteiger partial charge is 0.259 e. The number of hydrogen-bond donors (Lipinski definition) is 1. The van der Waals surface area contributed by atoms with E-state index in [0.29, 0.717) is 24.5 Å². The maximum atomic E-state index is 12.6. The molecule has 1 amide bonds. The lowest BCUT2D eigenvalue weighted by molar-refractivity contribution is 0.0471. The molecule has 1 N–H and O–H groups in total. The lowest BCUT2D eigenvalue weighted by atomic mass is 9.90. The Bertz CT molecular complexity index is 652. The van der Waals surface area contributed by atoms with Gasteiger partial charge in [0.25, 0.3) is 5.91 Å². The van der Waals surface area contributed by atoms with E-state index in [1.54, 1.807) is 29.7 Å². The predicted octanol–water partition coefficient (Wildman–Crippen LogP) is 2.74. The number of aromatic nitrogens is 1. The highest BCUT2D eigenvalue weighted by Crippen LogP contribution is 2.33. The summed E-state index contributed by atoms with van der Waals surface area (Å²) in [7, 11) is 1.52. The number of hydrogen-bond acceptors (Lipinski definition) is 5. The van der Waals surface area contributed by atoms with Crippen molar-refractivity contribution in [3.05, 3.63) is 46.3 Å². The number of ether oxygens (including phenoxy) is 1. The van der Waals surface area contributed by atoms with Gasteiger partial charge in [0, 0.05) is 24.2 Å². The SMILES string of the molecule is COc1ncccc1C(=O)N1CCC(C(O)c2cccs2)CC1. The first-order chi connectivity index (χ1) is 11.2. The Morgan fingerprint density at radius 3 is 2.83 bits per heavy atom. The van der Waals surface area contributed by atoms with Gasteiger partial charge in [-0.05, 0) is 42.3 Å². The molecular formula is C17H20N2O3S. The number of piperidine rings is 1. The van der Waals surface area contributed by atoms with Crippen molar-refractivity contribution in [1.29, 1.82) is 0 Å². The molecule has 1 aliphatic rings. The van der Waals surface area contributed by atoms with Crippen LogP contribution in [0.15, 0.2) is 35.8 Å². The quantitative estimate of drug-likeness (QED) is 0.935. The Balaban J connectivity index is 1.63. The molecule has 2 aromatic heterocycles. The van der Waals surface area contributed by atoms with Crippen LogP contribution in [-0.4, -0.2) is 41.1 Å². The zero-order chi connectivity index (χ0) is 16.2. The number of carbonyl (C=O) groups excluding carboxylic acids is 1. The topological polar surface area (TPSA) is 62.7 Å². The van der Waals surface area contributed by atoms with Crippen LogP contribution >= 0.6 is 11.3 Å². The monoisotopic (exact) mass is 332 g/mol. The van der Waals surface area contributed by atoms with Gasteiger partial charge < -0.3 is 14.7 Å². The van der Waals surface area contributed by atoms with Crippen LogP contribution in [0.5, 0.6) is 5.88 Å². The molecule has 0 radical (unpaired) electrons. The minimum absolute atomic E-state index is 0.0565. The van der Waals surface area contributed by atoms with Gasteiger partial charge in [-0.2, -0.15) is 0 Å². The number of pyridine rings is 1. The first kappa shape index (κ1) is 16.0. The second-order valence-corrected chi connectivity index (χ2v) is 6.63. The minimum atomic E-state index is -0.430. The van der Waals surface area contributed by atoms with Crippen LogP contribution in [0.4, 0.5) is 0 Å². The van der Waals surface area contributed by atoms with Crippen molar-refractivity contribution in [2.75, 3.05) is 20.2 Å². The van der Waals surface area contributed by atoms with Crippen molar-refractivity contribution < 1.29 is 14.6 Å². The van der Waals surface area contributed by atoms with Gasteiger partial charge in [-0.15, -0.1) is 11.3 Å². The van der Waals surface area contributed by atoms with Crippen LogP contribution in [0.1, 0.15) is 34.2 Å². The summed E-state index contributed by atoms with van der Waals surface area (Å²) in [5, 5.41) is 12.4. The molecule has 2 aromatic rings. The summed E-state index contributed by atoms with van der Waals surface area (Å²) in [6.45, 7) is 1.29. The first-order valence-electron chi connectivity index (χ1n) is 7.70. The number of rotatable bonds is 4. The molecule has 1 atom stereocenters. The van der Waals surface area contributed by atoms with Crippen LogP contribution in [0, 0.1) is 5.92 Å². The molecule has 1 unspecified atom stereocenters. The average Bonchev–Trinajstić information content (AvgIpc) is 3.15. The first-order valence-corrected chi connectivity index (χ1v) is 8.58. The number of thiophene rings is 1. The summed E-state index contributed by atoms with van der Waals surface area (Å²) in [6.07, 6.45) is 2.78. The van der Waals surface area contributed by atoms with Gasteiger partial charge >= 0.3 is 0 Å². The van der Waals surface area contributed by atoms with Crippen LogP contribution in [0.2, 0.25) is 0 Å². The largest absolute Gasteiger partial charge is 0.480 e. The van der Waals surface area contributed by atoms with E-state index in [9.17, 15) is 9.90 Å². The highest BCUT2D eigenvalue weighted by molar-refractivity contribution is 7.10. The number of aliphatic hydroxyl groups excluding tert-OH is 1. The van der Waals surface area contributed by atoms with Gasteiger partial charge in [-0.3, -0.25) is 4.79 Å². The fourth-order valence-electron chi connectivity index (χ4n) is 3.00. The lowest BCUT2D eigenvalue weighted by Gasteiger charge is -2.34. The highest BCUT2D eigenvalue weighted by atomic mass is 32.1. The number of aliphatic hydroxyl groups is 1. The van der Waals surface area contributed by atoms with Crippen LogP contribution in [0.3, 0.4) is 0 Å². The Morgan fingerprint density at radius 2 is 2.17 bits per heavy atom. The number of nitrogens with zero attached hydrogens (tertiary/aromatic N) is 2. The van der Waals surface area contributed by atoms with Gasteiger partial charge in [0.2, 0.25) is 5.88 Å². The van der Waals surface area contributed by atoms with E-state index in [1.807, 2.05) is 22.4 Å². The van der Waals surface area contributed by atoms with E-state index < -0.39 is 6.10 Å². The molecule has 6 heteroatoms. The molecule has 3 heterocycles. The van der Waals surface area contributed by atoms with E-state index in [0.717, 1.165) is 17.7 Å². The fourth-order valence-corrected chi connectivity index (χ4v) is 3.80. The summed E-state index contributed by atoms with van der Waals surface area (Å²) in [5.74, 6) is 0.505. The number of methoxy groups -OCH3 is 1. The Hall–Kier alpha value is -1.92. The van der Waals surface area contributed by atoms with Crippen LogP contribution in [-0.2, 0) is 0 Å². The zero-order valence-corrected chi connectivity index (χ0v) is 13.8. The van der Waals surface area contributed by atoms with E-state index in [2.05, 4.69) is 4.98 Å². The van der Waals surface area contributed by atoms with Crippen LogP contribution in [0.25, 0.3) is 0 Å². The maximum absolute atomic E-state index is 12.6. The van der Waals surface area contributed by atoms with E-state index in [-0.39, 0.29) is 11.8 Å². The minimum Gasteiger partial charge on any atom is -0.480 e. The molecule has 0 aromatic carbocycles. The zero-order valence-electron chi connectivity index (χ0n) is 13.0. The summed E-state index contributed by atoms with van der Waals surface area (Å²) < 4.78 is 5.17. The third-order valence-electron chi connectivity index (χ3n) is 4.30. The molecule has 122 valence electrons. The molecule has 0 aliphatic carbocycles. The lowest BCUT2D eigenvalue weighted by Crippen LogP contribution is -2.39. The van der Waals surface area contributed by atoms with Gasteiger partial charge in [0.05, 0.1) is 13.2 Å². The van der Waals surface area contributed by atoms with Crippen molar-refractivity contribution in [2.45, 2.75) is 18.9 Å². The predicted molar refractivity (Wildman–Crippen MR) is 88.7 cm³/mol. The van der Waals surface area contributed by atoms with Gasteiger partial charge in [0.15, 0.2) is 0 Å². The number of amides is 1. The van der Waals surface area contributed by atoms with Crippen molar-refractivity contribution in [1.82, 2.24) is 9.88 Å². The van der Waals surface area contributed by atoms with E-state index >= 15 is 0 Å². The fraction of sp³-hybridized carbons (Fsp3) is 0.412. The van der Waals surface area contributed by atoms with E-state index in [4.69, 9.17) is 4.74 Å². The van der Waals surface area contributed by atoms with Crippen molar-refractivity contribution >= 4 is 17.2 Å². The molecule has 1 aliphatic heterocycles. The Labute approximate surface area is 139 Å². The molecule has 0 spiro atoms. The second-order valence-electron chi connectivity index (χ2n) is 5.65. The molecular weight excluding hydrogens is 312 g/mol. The molecule has 23 heavy (non-hydrogen) atoms. The Kier molecular flexibility index (Phi) is 4.93. The molecule has 1 saturated heterocycles. The molecule has 0 saturated carbocycles. The van der Waals surface area contributed by atoms with Crippen molar-refractivity contribution in [2.24, 2.45) is 5.92 Å². The van der Waals surface area contributed by atoms with Gasteiger partial charge in [-0.25, -0.2) is 4.98 Å². The highest BCUT2D eigenvalue weighted by Gasteiger charge is 2.30. The van der Waals surface area contributed by atoms with Crippen molar-refractivity contribution in [3.8, 4) is 5.88 Å². The number of carbonyl (C=O) groups is 1. The summed E-state index contributed by atoms with van der Waals surface area (Å²) in [5.41, 5.74) is 0.493. The van der Waals surface area contributed by atoms with Gasteiger partial charge in [-0.1, -0.05) is 6.07 Å². The third-order valence-corrected chi connectivity index (χ3v) is 5.25. The Morgan fingerprint density at radius 1 is 1.39 bits per heavy atom. The molecule has 5 nitrogen and oxygen atoms in total. The maximum Gasteiger partial charge on any atom is 0.259 e. The van der Waals surface area contributed by atoms with Crippen molar-refractivity contribution in [3.63, 3.8) is 0 Å². The van der Waals surface area contributed by atoms with Crippen LogP contribution < -0.4 is 4.74 Å². The molecule has 3 rings (SSSR count). The summed E-state index contributed by atoms with van der Waals surface area (Å²) >= 11 is 1.58. The molecule has 0 bridgehead atoms. The van der Waals surface area contributed by atoms with Gasteiger partial charge in [0.1, 0.15) is 5.56 Å². The van der Waals surface area contributed by atoms with E-state index in [1.165, 1.54) is 7.11 Å². The average molecular weight is 332 g/mol. The molecule has 1 fully saturated rings. The summed E-state index contributed by atoms with van der Waals surface area (Å²) in [6, 6.07) is 7.40. The normalized spacial score (nSPS) is 17.0. The third kappa shape index (κ3) is 3.38. The second kappa shape index (κ2) is 7.10. The summed E-state index contributed by atoms with van der Waals surface area (Å²) in [4.78, 5) is 19.5. The number of likely N-dealkylation sites (tertiary alicyclic amines) is 1.